The number of hydrogen-bond acceptors (Lipinski definition) is 6. The van der Waals surface area contributed by atoms with Gasteiger partial charge in [0.2, 0.25) is 0 Å². The van der Waals surface area contributed by atoms with Gasteiger partial charge < -0.3 is 10.4 Å². The Labute approximate surface area is 133 Å². The Balaban J connectivity index is 1.74. The van der Waals surface area contributed by atoms with Crippen molar-refractivity contribution in [1.29, 1.82) is 0 Å². The van der Waals surface area contributed by atoms with Crippen LogP contribution in [0.2, 0.25) is 0 Å². The number of aromatic amines is 2. The van der Waals surface area contributed by atoms with Crippen molar-refractivity contribution in [2.45, 2.75) is 13.8 Å². The maximum absolute atomic E-state index is 4.35. The van der Waals surface area contributed by atoms with Gasteiger partial charge >= 0.3 is 0 Å². The zero-order chi connectivity index (χ0) is 16.1. The fourth-order valence-electron chi connectivity index (χ4n) is 1.98. The fourth-order valence-corrected chi connectivity index (χ4v) is 1.98. The molecule has 0 radical (unpaired) electrons. The highest BCUT2D eigenvalue weighted by Crippen LogP contribution is 2.11. The third-order valence-electron chi connectivity index (χ3n) is 3.04. The number of pyridine rings is 1. The van der Waals surface area contributed by atoms with Gasteiger partial charge in [0.15, 0.2) is 5.82 Å². The van der Waals surface area contributed by atoms with Crippen molar-refractivity contribution in [3.8, 4) is 0 Å². The molecule has 0 aliphatic carbocycles. The van der Waals surface area contributed by atoms with E-state index in [-0.39, 0.29) is 0 Å². The Bertz CT molecular complexity index is 787. The fraction of sp³-hybridized carbons (Fsp3) is 0.133. The quantitative estimate of drug-likeness (QED) is 0.444. The topological polar surface area (TPSA) is 106 Å². The standard InChI is InChI=1S/C15H18N8/c1-10-7-15(21-19-10)22-23-20-13(12-5-3-4-6-16-12)8-14-17-9-11(2)18-14/h3-9,20,23H,1-2H3,(H,17,18)(H2,19,21,22)/b13-8-. The summed E-state index contributed by atoms with van der Waals surface area (Å²) in [6.45, 7) is 3.89. The Kier molecular flexibility index (Phi) is 4.34. The Morgan fingerprint density at radius 3 is 2.74 bits per heavy atom. The molecule has 8 nitrogen and oxygen atoms in total. The van der Waals surface area contributed by atoms with Crippen LogP contribution in [0.25, 0.3) is 11.8 Å². The summed E-state index contributed by atoms with van der Waals surface area (Å²) in [5, 5.41) is 6.94. The van der Waals surface area contributed by atoms with E-state index < -0.39 is 0 Å². The molecule has 8 heteroatoms. The van der Waals surface area contributed by atoms with Gasteiger partial charge in [0.05, 0.1) is 11.4 Å². The lowest BCUT2D eigenvalue weighted by Gasteiger charge is -2.12. The van der Waals surface area contributed by atoms with Crippen molar-refractivity contribution in [2.24, 2.45) is 0 Å². The summed E-state index contributed by atoms with van der Waals surface area (Å²) in [6, 6.07) is 7.59. The number of hydrazine groups is 2. The second kappa shape index (κ2) is 6.75. The number of imidazole rings is 1. The lowest BCUT2D eigenvalue weighted by molar-refractivity contribution is 0.728. The normalized spacial score (nSPS) is 11.5. The molecule has 0 fully saturated rings. The molecular weight excluding hydrogens is 292 g/mol. The van der Waals surface area contributed by atoms with Gasteiger partial charge in [-0.2, -0.15) is 5.10 Å². The predicted octanol–water partition coefficient (Wildman–Crippen LogP) is 1.76. The molecule has 5 N–H and O–H groups in total. The van der Waals surface area contributed by atoms with Gasteiger partial charge in [-0.05, 0) is 26.0 Å². The van der Waals surface area contributed by atoms with Gasteiger partial charge in [-0.15, -0.1) is 5.53 Å². The summed E-state index contributed by atoms with van der Waals surface area (Å²) in [5.41, 5.74) is 12.5. The van der Waals surface area contributed by atoms with Crippen molar-refractivity contribution >= 4 is 17.6 Å². The highest BCUT2D eigenvalue weighted by atomic mass is 15.6. The smallest absolute Gasteiger partial charge is 0.163 e. The number of aryl methyl sites for hydroxylation is 2. The number of hydrogen-bond donors (Lipinski definition) is 5. The van der Waals surface area contributed by atoms with Crippen LogP contribution in [-0.2, 0) is 0 Å². The molecule has 0 spiro atoms. The van der Waals surface area contributed by atoms with Crippen LogP contribution in [0.15, 0.2) is 36.7 Å². The van der Waals surface area contributed by atoms with Crippen LogP contribution in [0.5, 0.6) is 0 Å². The molecule has 0 aliphatic rings. The minimum atomic E-state index is 0.684. The number of anilines is 1. The average molecular weight is 310 g/mol. The van der Waals surface area contributed by atoms with Gasteiger partial charge in [0.1, 0.15) is 5.82 Å². The third-order valence-corrected chi connectivity index (χ3v) is 3.04. The first-order chi connectivity index (χ1) is 11.2. The van der Waals surface area contributed by atoms with Crippen molar-refractivity contribution < 1.29 is 0 Å². The van der Waals surface area contributed by atoms with Gasteiger partial charge in [-0.3, -0.25) is 15.5 Å². The summed E-state index contributed by atoms with van der Waals surface area (Å²) in [5.74, 6) is 1.43. The SMILES string of the molecule is Cc1cc(NNN/C(=C\c2ncc(C)[nH]2)c2ccccn2)n[nH]1. The Morgan fingerprint density at radius 2 is 2.09 bits per heavy atom. The van der Waals surface area contributed by atoms with Crippen molar-refractivity contribution in [3.05, 3.63) is 59.6 Å². The van der Waals surface area contributed by atoms with Crippen molar-refractivity contribution in [2.75, 3.05) is 5.43 Å². The molecule has 0 atom stereocenters. The highest BCUT2D eigenvalue weighted by Gasteiger charge is 2.04. The van der Waals surface area contributed by atoms with E-state index in [4.69, 9.17) is 0 Å². The molecule has 3 aromatic rings. The molecule has 0 unspecified atom stereocenters. The predicted molar refractivity (Wildman–Crippen MR) is 88.7 cm³/mol. The van der Waals surface area contributed by atoms with Crippen molar-refractivity contribution in [3.63, 3.8) is 0 Å². The van der Waals surface area contributed by atoms with E-state index in [2.05, 4.69) is 41.5 Å². The lowest BCUT2D eigenvalue weighted by Crippen LogP contribution is -2.35. The first-order valence-corrected chi connectivity index (χ1v) is 7.14. The molecule has 0 bridgehead atoms. The number of nitrogens with one attached hydrogen (secondary N) is 5. The second-order valence-electron chi connectivity index (χ2n) is 5.04. The molecule has 3 aromatic heterocycles. The van der Waals surface area contributed by atoms with E-state index in [1.807, 2.05) is 44.2 Å². The summed E-state index contributed by atoms with van der Waals surface area (Å²) < 4.78 is 0. The molecule has 0 aliphatic heterocycles. The number of H-pyrrole nitrogens is 2. The summed E-state index contributed by atoms with van der Waals surface area (Å²) in [7, 11) is 0. The third kappa shape index (κ3) is 3.95. The maximum Gasteiger partial charge on any atom is 0.163 e. The van der Waals surface area contributed by atoms with Gasteiger partial charge in [0, 0.05) is 35.9 Å². The molecule has 3 heterocycles. The average Bonchev–Trinajstić information content (AvgIpc) is 3.16. The van der Waals surface area contributed by atoms with E-state index in [0.717, 1.165) is 28.6 Å². The van der Waals surface area contributed by atoms with E-state index in [1.165, 1.54) is 0 Å². The minimum Gasteiger partial charge on any atom is -0.343 e. The summed E-state index contributed by atoms with van der Waals surface area (Å²) in [4.78, 5) is 11.8. The molecule has 0 saturated heterocycles. The summed E-state index contributed by atoms with van der Waals surface area (Å²) in [6.07, 6.45) is 5.39. The van der Waals surface area contributed by atoms with E-state index in [1.54, 1.807) is 12.4 Å². The Hall–Kier alpha value is -3.13. The van der Waals surface area contributed by atoms with Gasteiger partial charge in [-0.25, -0.2) is 4.98 Å². The first kappa shape index (κ1) is 14.8. The highest BCUT2D eigenvalue weighted by molar-refractivity contribution is 5.76. The van der Waals surface area contributed by atoms with Crippen LogP contribution in [0.3, 0.4) is 0 Å². The summed E-state index contributed by atoms with van der Waals surface area (Å²) >= 11 is 0. The molecule has 0 saturated carbocycles. The zero-order valence-corrected chi connectivity index (χ0v) is 12.9. The van der Waals surface area contributed by atoms with Crippen LogP contribution in [0.4, 0.5) is 5.82 Å². The van der Waals surface area contributed by atoms with E-state index in [0.29, 0.717) is 5.82 Å². The first-order valence-electron chi connectivity index (χ1n) is 7.14. The van der Waals surface area contributed by atoms with Crippen molar-refractivity contribution in [1.82, 2.24) is 36.1 Å². The van der Waals surface area contributed by atoms with Crippen LogP contribution >= 0.6 is 0 Å². The number of aromatic nitrogens is 5. The zero-order valence-electron chi connectivity index (χ0n) is 12.9. The van der Waals surface area contributed by atoms with Gasteiger partial charge in [-0.1, -0.05) is 6.07 Å². The minimum absolute atomic E-state index is 0.684. The second-order valence-corrected chi connectivity index (χ2v) is 5.04. The van der Waals surface area contributed by atoms with Gasteiger partial charge in [0.25, 0.3) is 0 Å². The Morgan fingerprint density at radius 1 is 1.17 bits per heavy atom. The van der Waals surface area contributed by atoms with Crippen LogP contribution in [-0.4, -0.2) is 25.1 Å². The maximum atomic E-state index is 4.35. The van der Waals surface area contributed by atoms with E-state index in [9.17, 15) is 0 Å². The molecular formula is C15H18N8. The van der Waals surface area contributed by atoms with E-state index >= 15 is 0 Å². The van der Waals surface area contributed by atoms with Crippen LogP contribution < -0.4 is 16.4 Å². The molecule has 0 aromatic carbocycles. The number of nitrogens with zero attached hydrogens (tertiary/aromatic N) is 3. The largest absolute Gasteiger partial charge is 0.343 e. The molecule has 0 amide bonds. The monoisotopic (exact) mass is 310 g/mol. The van der Waals surface area contributed by atoms with Crippen LogP contribution in [0, 0.1) is 13.8 Å². The van der Waals surface area contributed by atoms with Crippen LogP contribution in [0.1, 0.15) is 22.9 Å². The molecule has 3 rings (SSSR count). The molecule has 118 valence electrons. The molecule has 23 heavy (non-hydrogen) atoms. The number of rotatable bonds is 6. The lowest BCUT2D eigenvalue weighted by atomic mass is 10.2.